The molecule has 7 heteroatoms. The van der Waals surface area contributed by atoms with Crippen molar-refractivity contribution in [1.29, 1.82) is 0 Å². The Balaban J connectivity index is 1.37. The summed E-state index contributed by atoms with van der Waals surface area (Å²) in [5.74, 6) is 1.64. The van der Waals surface area contributed by atoms with E-state index < -0.39 is 0 Å². The summed E-state index contributed by atoms with van der Waals surface area (Å²) < 4.78 is 7.93. The number of nitrogens with zero attached hydrogens (tertiary/aromatic N) is 6. The van der Waals surface area contributed by atoms with Crippen LogP contribution in [0.3, 0.4) is 0 Å². The zero-order chi connectivity index (χ0) is 15.2. The number of aromatic nitrogens is 4. The van der Waals surface area contributed by atoms with E-state index in [9.17, 15) is 0 Å². The first-order valence-electron chi connectivity index (χ1n) is 7.84. The van der Waals surface area contributed by atoms with Crippen LogP contribution >= 0.6 is 0 Å². The molecular weight excluding hydrogens is 280 g/mol. The Morgan fingerprint density at radius 1 is 1.36 bits per heavy atom. The van der Waals surface area contributed by atoms with E-state index in [0.29, 0.717) is 5.92 Å². The fourth-order valence-electron chi connectivity index (χ4n) is 3.53. The van der Waals surface area contributed by atoms with Gasteiger partial charge in [-0.25, -0.2) is 0 Å². The number of fused-ring (bicyclic) bond motifs is 1. The number of hydrogen-bond donors (Lipinski definition) is 0. The summed E-state index contributed by atoms with van der Waals surface area (Å²) in [6.07, 6.45) is 4.04. The van der Waals surface area contributed by atoms with Gasteiger partial charge in [0.05, 0.1) is 19.7 Å². The maximum absolute atomic E-state index is 6.21. The first-order chi connectivity index (χ1) is 10.6. The number of rotatable bonds is 3. The van der Waals surface area contributed by atoms with E-state index in [4.69, 9.17) is 4.74 Å². The van der Waals surface area contributed by atoms with E-state index >= 15 is 0 Å². The average Bonchev–Trinajstić information content (AvgIpc) is 2.92. The molecule has 0 unspecified atom stereocenters. The molecule has 0 saturated carbocycles. The van der Waals surface area contributed by atoms with Crippen molar-refractivity contribution >= 4 is 11.5 Å². The molecule has 22 heavy (non-hydrogen) atoms. The lowest BCUT2D eigenvalue weighted by molar-refractivity contribution is -0.118. The summed E-state index contributed by atoms with van der Waals surface area (Å²) >= 11 is 0. The van der Waals surface area contributed by atoms with Crippen molar-refractivity contribution in [3.05, 3.63) is 18.5 Å². The maximum atomic E-state index is 6.21. The third kappa shape index (κ3) is 2.44. The molecule has 2 aromatic heterocycles. The van der Waals surface area contributed by atoms with Gasteiger partial charge in [0.25, 0.3) is 0 Å². The molecule has 1 spiro atoms. The Labute approximate surface area is 129 Å². The quantitative estimate of drug-likeness (QED) is 0.831. The molecular formula is C15H22N6O. The zero-order valence-electron chi connectivity index (χ0n) is 13.1. The van der Waals surface area contributed by atoms with E-state index in [2.05, 4.69) is 39.2 Å². The van der Waals surface area contributed by atoms with Gasteiger partial charge in [-0.2, -0.15) is 4.52 Å². The largest absolute Gasteiger partial charge is 0.371 e. The monoisotopic (exact) mass is 302 g/mol. The predicted octanol–water partition coefficient (Wildman–Crippen LogP) is 0.671. The Hall–Kier alpha value is -1.73. The molecule has 0 N–H and O–H groups in total. The highest BCUT2D eigenvalue weighted by Gasteiger charge is 2.47. The lowest BCUT2D eigenvalue weighted by Crippen LogP contribution is -2.65. The molecule has 0 amide bonds. The van der Waals surface area contributed by atoms with Gasteiger partial charge in [0.2, 0.25) is 0 Å². The van der Waals surface area contributed by atoms with Gasteiger partial charge in [-0.15, -0.1) is 15.3 Å². The lowest BCUT2D eigenvalue weighted by Gasteiger charge is -2.53. The molecule has 2 aromatic rings. The normalized spacial score (nSPS) is 24.1. The zero-order valence-corrected chi connectivity index (χ0v) is 13.1. The van der Waals surface area contributed by atoms with Crippen LogP contribution in [-0.2, 0) is 4.74 Å². The van der Waals surface area contributed by atoms with Gasteiger partial charge < -0.3 is 14.5 Å². The number of ether oxygens (including phenoxy) is 1. The fraction of sp³-hybridized carbons (Fsp3) is 0.667. The van der Waals surface area contributed by atoms with Crippen molar-refractivity contribution in [2.45, 2.75) is 18.4 Å². The predicted molar refractivity (Wildman–Crippen MR) is 83.0 cm³/mol. The standard InChI is InChI=1S/C15H22N6O/c1-19(2)7-12-5-6-15(22-8-12)9-20(10-15)14-4-3-13-17-16-11-21(13)18-14/h3-4,11-12H,5-10H2,1-2H3/t12-/m1/s1. The van der Waals surface area contributed by atoms with E-state index in [-0.39, 0.29) is 5.60 Å². The van der Waals surface area contributed by atoms with E-state index in [0.717, 1.165) is 44.1 Å². The second-order valence-corrected chi connectivity index (χ2v) is 6.84. The lowest BCUT2D eigenvalue weighted by atomic mass is 9.83. The van der Waals surface area contributed by atoms with Gasteiger partial charge in [-0.1, -0.05) is 0 Å². The number of anilines is 1. The van der Waals surface area contributed by atoms with Crippen LogP contribution < -0.4 is 4.90 Å². The topological polar surface area (TPSA) is 58.8 Å². The second kappa shape index (κ2) is 5.17. The maximum Gasteiger partial charge on any atom is 0.177 e. The third-order valence-electron chi connectivity index (χ3n) is 4.69. The molecule has 2 aliphatic rings. The molecule has 2 fully saturated rings. The molecule has 1 atom stereocenters. The van der Waals surface area contributed by atoms with Crippen LogP contribution in [0.25, 0.3) is 5.65 Å². The van der Waals surface area contributed by atoms with Gasteiger partial charge >= 0.3 is 0 Å². The third-order valence-corrected chi connectivity index (χ3v) is 4.69. The summed E-state index contributed by atoms with van der Waals surface area (Å²) in [6.45, 7) is 3.86. The number of hydrogen-bond acceptors (Lipinski definition) is 6. The highest BCUT2D eigenvalue weighted by Crippen LogP contribution is 2.37. The van der Waals surface area contributed by atoms with E-state index in [1.54, 1.807) is 10.8 Å². The minimum Gasteiger partial charge on any atom is -0.371 e. The average molecular weight is 302 g/mol. The summed E-state index contributed by atoms with van der Waals surface area (Å²) in [7, 11) is 4.25. The van der Waals surface area contributed by atoms with Crippen molar-refractivity contribution in [2.75, 3.05) is 45.2 Å². The van der Waals surface area contributed by atoms with E-state index in [1.807, 2.05) is 12.1 Å². The molecule has 118 valence electrons. The van der Waals surface area contributed by atoms with Crippen LogP contribution in [0.4, 0.5) is 5.82 Å². The molecule has 4 rings (SSSR count). The highest BCUT2D eigenvalue weighted by atomic mass is 16.5. The van der Waals surface area contributed by atoms with Crippen molar-refractivity contribution in [1.82, 2.24) is 24.7 Å². The molecule has 2 aliphatic heterocycles. The van der Waals surface area contributed by atoms with Crippen LogP contribution in [0.5, 0.6) is 0 Å². The summed E-state index contributed by atoms with van der Waals surface area (Å²) in [5, 5.41) is 12.4. The molecule has 7 nitrogen and oxygen atoms in total. The molecule has 0 aromatic carbocycles. The minimum absolute atomic E-state index is 0.0483. The molecule has 0 aliphatic carbocycles. The smallest absolute Gasteiger partial charge is 0.177 e. The SMILES string of the molecule is CN(C)C[C@H]1CCC2(CN(c3ccc4nncn4n3)C2)OC1. The van der Waals surface area contributed by atoms with Gasteiger partial charge in [0.15, 0.2) is 5.65 Å². The van der Waals surface area contributed by atoms with Crippen molar-refractivity contribution < 1.29 is 4.74 Å². The first kappa shape index (κ1) is 13.9. The summed E-state index contributed by atoms with van der Waals surface area (Å²) in [6, 6.07) is 3.96. The molecule has 2 saturated heterocycles. The van der Waals surface area contributed by atoms with Crippen LogP contribution in [0.2, 0.25) is 0 Å². The Bertz CT molecular complexity index is 653. The highest BCUT2D eigenvalue weighted by molar-refractivity contribution is 5.48. The van der Waals surface area contributed by atoms with Crippen molar-refractivity contribution in [3.63, 3.8) is 0 Å². The van der Waals surface area contributed by atoms with Gasteiger partial charge in [0, 0.05) is 6.54 Å². The Kier molecular flexibility index (Phi) is 3.27. The van der Waals surface area contributed by atoms with Crippen molar-refractivity contribution in [2.24, 2.45) is 5.92 Å². The molecule has 4 heterocycles. The van der Waals surface area contributed by atoms with Crippen LogP contribution in [0.1, 0.15) is 12.8 Å². The van der Waals surface area contributed by atoms with Crippen molar-refractivity contribution in [3.8, 4) is 0 Å². The Morgan fingerprint density at radius 2 is 2.23 bits per heavy atom. The molecule has 0 bridgehead atoms. The van der Waals surface area contributed by atoms with Crippen LogP contribution in [0, 0.1) is 5.92 Å². The van der Waals surface area contributed by atoms with Crippen LogP contribution in [-0.4, -0.2) is 70.6 Å². The van der Waals surface area contributed by atoms with Gasteiger partial charge in [0.1, 0.15) is 17.7 Å². The summed E-state index contributed by atoms with van der Waals surface area (Å²) in [5.41, 5.74) is 0.826. The minimum atomic E-state index is 0.0483. The fourth-order valence-corrected chi connectivity index (χ4v) is 3.53. The van der Waals surface area contributed by atoms with E-state index in [1.165, 1.54) is 6.42 Å². The second-order valence-electron chi connectivity index (χ2n) is 6.84. The summed E-state index contributed by atoms with van der Waals surface area (Å²) in [4.78, 5) is 4.52. The van der Waals surface area contributed by atoms with Gasteiger partial charge in [-0.05, 0) is 45.0 Å². The van der Waals surface area contributed by atoms with Gasteiger partial charge in [-0.3, -0.25) is 0 Å². The molecule has 0 radical (unpaired) electrons. The van der Waals surface area contributed by atoms with Crippen LogP contribution in [0.15, 0.2) is 18.5 Å². The first-order valence-corrected chi connectivity index (χ1v) is 7.84. The Morgan fingerprint density at radius 3 is 2.95 bits per heavy atom.